The summed E-state index contributed by atoms with van der Waals surface area (Å²) in [7, 11) is -3.28. The minimum atomic E-state index is -4.58. The van der Waals surface area contributed by atoms with Gasteiger partial charge in [0.2, 0.25) is 0 Å². The molecule has 0 aromatic heterocycles. The molecule has 1 aromatic carbocycles. The molecule has 0 atom stereocenters. The smallest absolute Gasteiger partial charge is 0.419 e. The zero-order valence-corrected chi connectivity index (χ0v) is 12.3. The molecule has 0 N–H and O–H groups in total. The average Bonchev–Trinajstić information content (AvgIpc) is 2.37. The highest BCUT2D eigenvalue weighted by Gasteiger charge is 2.34. The predicted molar refractivity (Wildman–Crippen MR) is 70.8 cm³/mol. The van der Waals surface area contributed by atoms with Crippen molar-refractivity contribution in [1.29, 1.82) is 0 Å². The monoisotopic (exact) mass is 330 g/mol. The van der Waals surface area contributed by atoms with Crippen LogP contribution >= 0.6 is 11.6 Å². The number of ether oxygens (including phenoxy) is 1. The second-order valence-electron chi connectivity index (χ2n) is 4.05. The zero-order valence-electron chi connectivity index (χ0n) is 10.7. The van der Waals surface area contributed by atoms with Crippen LogP contribution in [0.3, 0.4) is 0 Å². The number of benzene rings is 1. The molecule has 8 heteroatoms. The van der Waals surface area contributed by atoms with Crippen molar-refractivity contribution in [3.63, 3.8) is 0 Å². The largest absolute Gasteiger partial charge is 0.492 e. The summed E-state index contributed by atoms with van der Waals surface area (Å²) in [4.78, 5) is 0. The maximum Gasteiger partial charge on any atom is 0.419 e. The Morgan fingerprint density at radius 2 is 1.95 bits per heavy atom. The number of halogens is 4. The van der Waals surface area contributed by atoms with Crippen LogP contribution in [-0.4, -0.2) is 26.5 Å². The summed E-state index contributed by atoms with van der Waals surface area (Å²) in [6, 6.07) is 3.46. The van der Waals surface area contributed by atoms with Crippen LogP contribution in [0, 0.1) is 0 Å². The van der Waals surface area contributed by atoms with Gasteiger partial charge < -0.3 is 4.74 Å². The molecule has 0 bridgehead atoms. The van der Waals surface area contributed by atoms with Crippen molar-refractivity contribution >= 4 is 21.4 Å². The van der Waals surface area contributed by atoms with Crippen LogP contribution in [0.4, 0.5) is 13.2 Å². The Labute approximate surface area is 120 Å². The lowest BCUT2D eigenvalue weighted by Crippen LogP contribution is -2.17. The van der Waals surface area contributed by atoms with Crippen molar-refractivity contribution in [2.24, 2.45) is 0 Å². The van der Waals surface area contributed by atoms with Gasteiger partial charge in [-0.05, 0) is 17.7 Å². The highest BCUT2D eigenvalue weighted by atomic mass is 35.5. The lowest BCUT2D eigenvalue weighted by atomic mass is 10.1. The van der Waals surface area contributed by atoms with Gasteiger partial charge >= 0.3 is 6.18 Å². The maximum atomic E-state index is 12.9. The fraction of sp³-hybridized carbons (Fsp3) is 0.500. The van der Waals surface area contributed by atoms with E-state index < -0.39 is 27.3 Å². The predicted octanol–water partition coefficient (Wildman–Crippen LogP) is 3.26. The summed E-state index contributed by atoms with van der Waals surface area (Å²) in [5.41, 5.74) is -0.642. The summed E-state index contributed by atoms with van der Waals surface area (Å²) in [6.45, 7) is 1.14. The van der Waals surface area contributed by atoms with Crippen molar-refractivity contribution in [3.8, 4) is 5.75 Å². The van der Waals surface area contributed by atoms with Gasteiger partial charge in [-0.15, -0.1) is 11.6 Å². The van der Waals surface area contributed by atoms with Crippen molar-refractivity contribution < 1.29 is 26.3 Å². The van der Waals surface area contributed by atoms with E-state index in [9.17, 15) is 21.6 Å². The fourth-order valence-corrected chi connectivity index (χ4v) is 2.22. The van der Waals surface area contributed by atoms with E-state index in [2.05, 4.69) is 0 Å². The zero-order chi connectivity index (χ0) is 15.4. The molecule has 0 aliphatic carbocycles. The van der Waals surface area contributed by atoms with E-state index in [1.807, 2.05) is 0 Å². The van der Waals surface area contributed by atoms with E-state index in [0.29, 0.717) is 5.56 Å². The Hall–Kier alpha value is -0.950. The highest BCUT2D eigenvalue weighted by Crippen LogP contribution is 2.37. The van der Waals surface area contributed by atoms with Crippen LogP contribution < -0.4 is 4.74 Å². The topological polar surface area (TPSA) is 43.4 Å². The third-order valence-corrected chi connectivity index (χ3v) is 4.57. The van der Waals surface area contributed by atoms with E-state index in [1.54, 1.807) is 0 Å². The van der Waals surface area contributed by atoms with Crippen LogP contribution in [0.25, 0.3) is 0 Å². The molecule has 0 saturated heterocycles. The third kappa shape index (κ3) is 4.86. The van der Waals surface area contributed by atoms with Gasteiger partial charge in [-0.2, -0.15) is 13.2 Å². The van der Waals surface area contributed by atoms with Crippen LogP contribution in [0.15, 0.2) is 18.2 Å². The Bertz CT molecular complexity index is 556. The van der Waals surface area contributed by atoms with E-state index in [-0.39, 0.29) is 24.0 Å². The van der Waals surface area contributed by atoms with E-state index in [0.717, 1.165) is 12.1 Å². The summed E-state index contributed by atoms with van der Waals surface area (Å²) in [5.74, 6) is -0.836. The molecular weight excluding hydrogens is 317 g/mol. The molecule has 0 aliphatic rings. The number of hydrogen-bond acceptors (Lipinski definition) is 3. The number of hydrogen-bond donors (Lipinski definition) is 0. The molecule has 20 heavy (non-hydrogen) atoms. The fourth-order valence-electron chi connectivity index (χ4n) is 1.43. The first-order valence-electron chi connectivity index (χ1n) is 5.79. The molecule has 0 radical (unpaired) electrons. The average molecular weight is 331 g/mol. The van der Waals surface area contributed by atoms with Crippen molar-refractivity contribution in [2.45, 2.75) is 19.0 Å². The van der Waals surface area contributed by atoms with Gasteiger partial charge in [-0.25, -0.2) is 8.42 Å². The number of rotatable bonds is 6. The van der Waals surface area contributed by atoms with Crippen molar-refractivity contribution in [2.75, 3.05) is 18.1 Å². The summed E-state index contributed by atoms with van der Waals surface area (Å²) in [6.07, 6.45) is -4.58. The van der Waals surface area contributed by atoms with Gasteiger partial charge in [0.15, 0.2) is 9.84 Å². The summed E-state index contributed by atoms with van der Waals surface area (Å²) < 4.78 is 66.0. The first-order chi connectivity index (χ1) is 9.19. The highest BCUT2D eigenvalue weighted by molar-refractivity contribution is 7.91. The summed E-state index contributed by atoms with van der Waals surface area (Å²) in [5, 5.41) is 0. The first-order valence-corrected chi connectivity index (χ1v) is 8.14. The van der Waals surface area contributed by atoms with Crippen LogP contribution in [0.2, 0.25) is 0 Å². The van der Waals surface area contributed by atoms with Crippen LogP contribution in [0.1, 0.15) is 18.1 Å². The van der Waals surface area contributed by atoms with Gasteiger partial charge in [0.1, 0.15) is 12.4 Å². The van der Waals surface area contributed by atoms with Crippen molar-refractivity contribution in [1.82, 2.24) is 0 Å². The third-order valence-electron chi connectivity index (χ3n) is 2.60. The SMILES string of the molecule is CCS(=O)(=O)CCOc1ccc(CCl)cc1C(F)(F)F. The van der Waals surface area contributed by atoms with E-state index >= 15 is 0 Å². The molecule has 0 saturated carbocycles. The van der Waals surface area contributed by atoms with Gasteiger partial charge in [-0.3, -0.25) is 0 Å². The molecule has 0 amide bonds. The lowest BCUT2D eigenvalue weighted by molar-refractivity contribution is -0.138. The van der Waals surface area contributed by atoms with Gasteiger partial charge in [0.05, 0.1) is 11.3 Å². The quantitative estimate of drug-likeness (QED) is 0.752. The first kappa shape index (κ1) is 17.1. The molecular formula is C12H14ClF3O3S. The molecule has 114 valence electrons. The van der Waals surface area contributed by atoms with Crippen molar-refractivity contribution in [3.05, 3.63) is 29.3 Å². The molecule has 3 nitrogen and oxygen atoms in total. The molecule has 1 rings (SSSR count). The Kier molecular flexibility index (Phi) is 5.70. The summed E-state index contributed by atoms with van der Waals surface area (Å²) >= 11 is 5.50. The maximum absolute atomic E-state index is 12.9. The van der Waals surface area contributed by atoms with E-state index in [1.165, 1.54) is 13.0 Å². The van der Waals surface area contributed by atoms with Gasteiger partial charge in [0, 0.05) is 11.6 Å². The minimum absolute atomic E-state index is 0.0480. The lowest BCUT2D eigenvalue weighted by Gasteiger charge is -2.15. The standard InChI is InChI=1S/C12H14ClF3O3S/c1-2-20(17,18)6-5-19-11-4-3-9(8-13)7-10(11)12(14,15)16/h3-4,7H,2,5-6,8H2,1H3. The number of alkyl halides is 4. The Morgan fingerprint density at radius 1 is 1.30 bits per heavy atom. The molecule has 0 unspecified atom stereocenters. The van der Waals surface area contributed by atoms with Gasteiger partial charge in [-0.1, -0.05) is 13.0 Å². The normalized spacial score (nSPS) is 12.4. The minimum Gasteiger partial charge on any atom is -0.492 e. The Balaban J connectivity index is 2.90. The van der Waals surface area contributed by atoms with E-state index in [4.69, 9.17) is 16.3 Å². The molecule has 0 heterocycles. The Morgan fingerprint density at radius 3 is 2.45 bits per heavy atom. The van der Waals surface area contributed by atoms with Crippen LogP contribution in [0.5, 0.6) is 5.75 Å². The molecule has 0 aliphatic heterocycles. The van der Waals surface area contributed by atoms with Gasteiger partial charge in [0.25, 0.3) is 0 Å². The second kappa shape index (κ2) is 6.67. The number of sulfone groups is 1. The van der Waals surface area contributed by atoms with Crippen LogP contribution in [-0.2, 0) is 21.9 Å². The second-order valence-corrected chi connectivity index (χ2v) is 6.79. The molecule has 0 fully saturated rings. The molecule has 1 aromatic rings. The molecule has 0 spiro atoms.